The molecule has 0 fully saturated rings. The van der Waals surface area contributed by atoms with Crippen molar-refractivity contribution in [2.24, 2.45) is 0 Å². The van der Waals surface area contributed by atoms with E-state index >= 15 is 0 Å². The number of quaternary nitrogens is 1. The number of hydrogen-bond donors (Lipinski definition) is 2. The van der Waals surface area contributed by atoms with Crippen LogP contribution in [0.15, 0.2) is 42.5 Å². The molecule has 5 nitrogen and oxygen atoms in total. The van der Waals surface area contributed by atoms with Crippen LogP contribution >= 0.6 is 0 Å². The average Bonchev–Trinajstić information content (AvgIpc) is 2.68. The van der Waals surface area contributed by atoms with Gasteiger partial charge in [-0.05, 0) is 55.7 Å². The van der Waals surface area contributed by atoms with Gasteiger partial charge in [0.25, 0.3) is 5.91 Å². The molecule has 0 aliphatic rings. The molecule has 2 aromatic rings. The van der Waals surface area contributed by atoms with Gasteiger partial charge in [0.1, 0.15) is 6.54 Å². The smallest absolute Gasteiger partial charge is 0.282 e. The largest absolute Gasteiger partial charge is 0.493 e. The zero-order valence-corrected chi connectivity index (χ0v) is 17.8. The van der Waals surface area contributed by atoms with E-state index in [1.807, 2.05) is 51.2 Å². The van der Waals surface area contributed by atoms with Crippen LogP contribution < -0.4 is 19.7 Å². The van der Waals surface area contributed by atoms with E-state index in [1.54, 1.807) is 7.11 Å². The molecule has 0 aromatic heterocycles. The van der Waals surface area contributed by atoms with E-state index in [2.05, 4.69) is 31.3 Å². The Morgan fingerprint density at radius 3 is 2.32 bits per heavy atom. The number of benzene rings is 2. The molecule has 2 rings (SSSR count). The summed E-state index contributed by atoms with van der Waals surface area (Å²) in [5, 5.41) is 3.02. The normalized spacial score (nSPS) is 13.1. The van der Waals surface area contributed by atoms with Crippen molar-refractivity contribution in [3.8, 4) is 11.5 Å². The van der Waals surface area contributed by atoms with Crippen LogP contribution in [0.3, 0.4) is 0 Å². The van der Waals surface area contributed by atoms with Crippen LogP contribution in [0.1, 0.15) is 44.7 Å². The molecule has 5 heteroatoms. The second kappa shape index (κ2) is 10.1. The number of anilines is 1. The van der Waals surface area contributed by atoms with Crippen molar-refractivity contribution in [2.45, 2.75) is 46.2 Å². The van der Waals surface area contributed by atoms with Crippen molar-refractivity contribution >= 4 is 11.6 Å². The van der Waals surface area contributed by atoms with E-state index in [9.17, 15) is 4.79 Å². The first-order valence-electron chi connectivity index (χ1n) is 9.88. The maximum absolute atomic E-state index is 12.6. The van der Waals surface area contributed by atoms with E-state index in [0.717, 1.165) is 27.6 Å². The van der Waals surface area contributed by atoms with Gasteiger partial charge in [-0.15, -0.1) is 0 Å². The minimum Gasteiger partial charge on any atom is -0.493 e. The highest BCUT2D eigenvalue weighted by atomic mass is 16.5. The van der Waals surface area contributed by atoms with Gasteiger partial charge in [-0.25, -0.2) is 0 Å². The molecule has 2 aromatic carbocycles. The van der Waals surface area contributed by atoms with Crippen molar-refractivity contribution in [1.82, 2.24) is 0 Å². The van der Waals surface area contributed by atoms with Crippen LogP contribution in [0.2, 0.25) is 0 Å². The zero-order chi connectivity index (χ0) is 20.7. The number of methoxy groups -OCH3 is 1. The highest BCUT2D eigenvalue weighted by Crippen LogP contribution is 2.27. The van der Waals surface area contributed by atoms with Gasteiger partial charge in [0.05, 0.1) is 20.8 Å². The molecule has 0 saturated carbocycles. The predicted molar refractivity (Wildman–Crippen MR) is 113 cm³/mol. The first-order valence-corrected chi connectivity index (χ1v) is 9.88. The summed E-state index contributed by atoms with van der Waals surface area (Å²) >= 11 is 0. The minimum absolute atomic E-state index is 0.00713. The van der Waals surface area contributed by atoms with Gasteiger partial charge in [-0.1, -0.05) is 26.0 Å². The Balaban J connectivity index is 1.99. The first kappa shape index (κ1) is 21.8. The number of hydrogen-bond acceptors (Lipinski definition) is 3. The van der Waals surface area contributed by atoms with Crippen LogP contribution in [-0.4, -0.2) is 32.7 Å². The van der Waals surface area contributed by atoms with E-state index in [4.69, 9.17) is 9.47 Å². The third-order valence-electron chi connectivity index (χ3n) is 4.99. The fraction of sp³-hybridized carbons (Fsp3) is 0.435. The van der Waals surface area contributed by atoms with Crippen LogP contribution in [0.5, 0.6) is 11.5 Å². The Morgan fingerprint density at radius 1 is 1.07 bits per heavy atom. The Morgan fingerprint density at radius 2 is 1.75 bits per heavy atom. The molecule has 1 amide bonds. The van der Waals surface area contributed by atoms with E-state index in [-0.39, 0.29) is 11.9 Å². The molecule has 2 N–H and O–H groups in total. The van der Waals surface area contributed by atoms with Gasteiger partial charge in [0, 0.05) is 11.3 Å². The lowest BCUT2D eigenvalue weighted by Crippen LogP contribution is -3.12. The maximum atomic E-state index is 12.6. The fourth-order valence-electron chi connectivity index (χ4n) is 3.00. The van der Waals surface area contributed by atoms with Crippen molar-refractivity contribution in [2.75, 3.05) is 26.1 Å². The highest BCUT2D eigenvalue weighted by molar-refractivity contribution is 5.93. The molecule has 1 unspecified atom stereocenters. The van der Waals surface area contributed by atoms with Crippen LogP contribution in [0.4, 0.5) is 5.69 Å². The minimum atomic E-state index is -0.192. The maximum Gasteiger partial charge on any atom is 0.282 e. The fourth-order valence-corrected chi connectivity index (χ4v) is 3.00. The quantitative estimate of drug-likeness (QED) is 0.697. The zero-order valence-electron chi connectivity index (χ0n) is 17.8. The number of nitrogens with one attached hydrogen (secondary N) is 2. The summed E-state index contributed by atoms with van der Waals surface area (Å²) in [7, 11) is 3.66. The van der Waals surface area contributed by atoms with Crippen LogP contribution in [0, 0.1) is 0 Å². The number of ether oxygens (including phenoxy) is 2. The summed E-state index contributed by atoms with van der Waals surface area (Å²) in [5.74, 6) is 1.94. The molecule has 28 heavy (non-hydrogen) atoms. The van der Waals surface area contributed by atoms with Crippen molar-refractivity contribution in [3.05, 3.63) is 53.6 Å². The standard InChI is InChI=1S/C23H32N2O3/c1-7-28-21-13-8-18(14-22(21)27-6)15-25(5)17(4)23(26)24-20-11-9-19(10-12-20)16(2)3/h8-14,16-17H,7,15H2,1-6H3,(H,24,26)/p+1/t17-/m1/s1. The van der Waals surface area contributed by atoms with Gasteiger partial charge in [-0.3, -0.25) is 4.79 Å². The Kier molecular flexibility index (Phi) is 7.88. The molecule has 152 valence electrons. The lowest BCUT2D eigenvalue weighted by atomic mass is 10.0. The molecule has 0 saturated heterocycles. The number of rotatable bonds is 9. The number of carbonyl (C=O) groups is 1. The third-order valence-corrected chi connectivity index (χ3v) is 4.99. The van der Waals surface area contributed by atoms with Gasteiger partial charge in [-0.2, -0.15) is 0 Å². The second-order valence-corrected chi connectivity index (χ2v) is 7.43. The molecule has 0 bridgehead atoms. The van der Waals surface area contributed by atoms with E-state index in [0.29, 0.717) is 19.1 Å². The van der Waals surface area contributed by atoms with Gasteiger partial charge < -0.3 is 19.7 Å². The summed E-state index contributed by atoms with van der Waals surface area (Å²) in [6.45, 7) is 9.51. The monoisotopic (exact) mass is 385 g/mol. The molecule has 0 radical (unpaired) electrons. The predicted octanol–water partition coefficient (Wildman–Crippen LogP) is 3.26. The molecule has 0 spiro atoms. The van der Waals surface area contributed by atoms with Crippen molar-refractivity contribution in [1.29, 1.82) is 0 Å². The van der Waals surface area contributed by atoms with Crippen LogP contribution in [0.25, 0.3) is 0 Å². The Hall–Kier alpha value is -2.53. The van der Waals surface area contributed by atoms with Gasteiger partial charge in [0.15, 0.2) is 17.5 Å². The third kappa shape index (κ3) is 5.73. The molecule has 2 atom stereocenters. The summed E-state index contributed by atoms with van der Waals surface area (Å²) in [6.07, 6.45) is 0. The molecule has 0 aliphatic heterocycles. The topological polar surface area (TPSA) is 52.0 Å². The highest BCUT2D eigenvalue weighted by Gasteiger charge is 2.22. The molecule has 0 heterocycles. The van der Waals surface area contributed by atoms with Crippen molar-refractivity contribution in [3.63, 3.8) is 0 Å². The number of likely N-dealkylation sites (N-methyl/N-ethyl adjacent to an activating group) is 1. The molecular weight excluding hydrogens is 352 g/mol. The van der Waals surface area contributed by atoms with Crippen LogP contribution in [-0.2, 0) is 11.3 Å². The lowest BCUT2D eigenvalue weighted by Gasteiger charge is -2.22. The van der Waals surface area contributed by atoms with E-state index in [1.165, 1.54) is 5.56 Å². The van der Waals surface area contributed by atoms with E-state index < -0.39 is 0 Å². The van der Waals surface area contributed by atoms with Crippen molar-refractivity contribution < 1.29 is 19.2 Å². The Labute approximate surface area is 168 Å². The molecule has 0 aliphatic carbocycles. The summed E-state index contributed by atoms with van der Waals surface area (Å²) in [6, 6.07) is 13.8. The number of carbonyl (C=O) groups excluding carboxylic acids is 1. The SMILES string of the molecule is CCOc1ccc(C[NH+](C)[C@H](C)C(=O)Nc2ccc(C(C)C)cc2)cc1OC. The second-order valence-electron chi connectivity index (χ2n) is 7.43. The average molecular weight is 386 g/mol. The van der Waals surface area contributed by atoms with Gasteiger partial charge >= 0.3 is 0 Å². The lowest BCUT2D eigenvalue weighted by molar-refractivity contribution is -0.907. The molecular formula is C23H33N2O3+. The first-order chi connectivity index (χ1) is 13.3. The summed E-state index contributed by atoms with van der Waals surface area (Å²) < 4.78 is 11.0. The summed E-state index contributed by atoms with van der Waals surface area (Å²) in [5.41, 5.74) is 3.19. The van der Waals surface area contributed by atoms with Gasteiger partial charge in [0.2, 0.25) is 0 Å². The number of amides is 1. The Bertz CT molecular complexity index is 772. The summed E-state index contributed by atoms with van der Waals surface area (Å²) in [4.78, 5) is 13.7.